The van der Waals surface area contributed by atoms with Crippen molar-refractivity contribution in [1.29, 1.82) is 0 Å². The number of benzene rings is 2. The Hall–Kier alpha value is -3.11. The van der Waals surface area contributed by atoms with Gasteiger partial charge in [0.15, 0.2) is 0 Å². The Balaban J connectivity index is 1.84. The zero-order valence-electron chi connectivity index (χ0n) is 16.1. The summed E-state index contributed by atoms with van der Waals surface area (Å²) in [7, 11) is 0. The minimum Gasteiger partial charge on any atom is -0.368 e. The summed E-state index contributed by atoms with van der Waals surface area (Å²) >= 11 is 5.80. The molecule has 0 saturated carbocycles. The molecule has 3 amide bonds. The molecule has 2 aromatic carbocycles. The third kappa shape index (κ3) is 7.91. The molecule has 0 heterocycles. The highest BCUT2D eigenvalue weighted by atomic mass is 35.5. The van der Waals surface area contributed by atoms with Crippen molar-refractivity contribution < 1.29 is 27.6 Å². The van der Waals surface area contributed by atoms with Crippen LogP contribution in [0.3, 0.4) is 0 Å². The van der Waals surface area contributed by atoms with Crippen LogP contribution >= 0.6 is 11.6 Å². The Bertz CT molecular complexity index is 936. The van der Waals surface area contributed by atoms with E-state index in [1.165, 1.54) is 6.07 Å². The smallest absolute Gasteiger partial charge is 0.368 e. The molecule has 2 rings (SSSR count). The second-order valence-electron chi connectivity index (χ2n) is 6.54. The first-order valence-corrected chi connectivity index (χ1v) is 9.43. The molecule has 31 heavy (non-hydrogen) atoms. The molecule has 0 spiro atoms. The molecule has 0 unspecified atom stereocenters. The average molecular weight is 457 g/mol. The normalized spacial score (nSPS) is 12.1. The number of carbonyl (C=O) groups is 3. The third-order valence-electron chi connectivity index (χ3n) is 4.13. The Morgan fingerprint density at radius 2 is 1.74 bits per heavy atom. The maximum Gasteiger partial charge on any atom is 0.416 e. The topological polar surface area (TPSA) is 113 Å². The largest absolute Gasteiger partial charge is 0.416 e. The molecular formula is C20H20ClF3N4O3. The molecule has 11 heteroatoms. The Morgan fingerprint density at radius 3 is 2.35 bits per heavy atom. The maximum absolute atomic E-state index is 12.7. The van der Waals surface area contributed by atoms with Crippen molar-refractivity contribution in [2.75, 3.05) is 13.1 Å². The van der Waals surface area contributed by atoms with Crippen molar-refractivity contribution in [1.82, 2.24) is 16.0 Å². The number of nitrogens with two attached hydrogens (primary N) is 1. The lowest BCUT2D eigenvalue weighted by molar-refractivity contribution is -0.137. The van der Waals surface area contributed by atoms with Gasteiger partial charge in [-0.05, 0) is 35.9 Å². The minimum atomic E-state index is -4.60. The van der Waals surface area contributed by atoms with E-state index in [1.54, 1.807) is 24.3 Å². The molecule has 0 aromatic heterocycles. The molecule has 0 radical (unpaired) electrons. The van der Waals surface area contributed by atoms with Gasteiger partial charge in [0, 0.05) is 23.7 Å². The van der Waals surface area contributed by atoms with Crippen LogP contribution in [0.15, 0.2) is 48.5 Å². The van der Waals surface area contributed by atoms with E-state index in [9.17, 15) is 27.6 Å². The lowest BCUT2D eigenvalue weighted by Crippen LogP contribution is -2.52. The monoisotopic (exact) mass is 456 g/mol. The average Bonchev–Trinajstić information content (AvgIpc) is 2.72. The van der Waals surface area contributed by atoms with E-state index in [1.807, 2.05) is 0 Å². The maximum atomic E-state index is 12.7. The molecule has 2 aromatic rings. The molecule has 0 aliphatic rings. The third-order valence-corrected chi connectivity index (χ3v) is 4.38. The quantitative estimate of drug-likeness (QED) is 0.461. The first kappa shape index (κ1) is 24.2. The predicted molar refractivity (Wildman–Crippen MR) is 108 cm³/mol. The summed E-state index contributed by atoms with van der Waals surface area (Å²) in [5.74, 6) is -2.38. The summed E-state index contributed by atoms with van der Waals surface area (Å²) in [4.78, 5) is 35.6. The van der Waals surface area contributed by atoms with E-state index in [0.29, 0.717) is 17.6 Å². The Morgan fingerprint density at radius 1 is 1.06 bits per heavy atom. The van der Waals surface area contributed by atoms with Crippen molar-refractivity contribution in [2.45, 2.75) is 18.8 Å². The highest BCUT2D eigenvalue weighted by Gasteiger charge is 2.31. The van der Waals surface area contributed by atoms with Crippen molar-refractivity contribution in [2.24, 2.45) is 5.73 Å². The van der Waals surface area contributed by atoms with Gasteiger partial charge < -0.3 is 21.7 Å². The number of rotatable bonds is 9. The summed E-state index contributed by atoms with van der Waals surface area (Å²) in [6, 6.07) is 9.73. The van der Waals surface area contributed by atoms with E-state index in [4.69, 9.17) is 17.3 Å². The van der Waals surface area contributed by atoms with Gasteiger partial charge in [-0.3, -0.25) is 14.4 Å². The van der Waals surface area contributed by atoms with Crippen molar-refractivity contribution >= 4 is 29.3 Å². The number of primary amides is 1. The van der Waals surface area contributed by atoms with Crippen LogP contribution in [-0.2, 0) is 22.3 Å². The van der Waals surface area contributed by atoms with Gasteiger partial charge in [-0.1, -0.05) is 29.8 Å². The fourth-order valence-corrected chi connectivity index (χ4v) is 2.66. The summed E-state index contributed by atoms with van der Waals surface area (Å²) < 4.78 is 38.2. The second-order valence-corrected chi connectivity index (χ2v) is 6.98. The Kier molecular flexibility index (Phi) is 8.40. The highest BCUT2D eigenvalue weighted by molar-refractivity contribution is 6.30. The summed E-state index contributed by atoms with van der Waals surface area (Å²) in [5.41, 5.74) is 4.95. The van der Waals surface area contributed by atoms with Gasteiger partial charge in [0.25, 0.3) is 5.91 Å². The van der Waals surface area contributed by atoms with Gasteiger partial charge in [-0.2, -0.15) is 13.2 Å². The van der Waals surface area contributed by atoms with E-state index in [0.717, 1.165) is 17.7 Å². The molecule has 0 aliphatic heterocycles. The van der Waals surface area contributed by atoms with Gasteiger partial charge in [0.2, 0.25) is 11.8 Å². The van der Waals surface area contributed by atoms with E-state index >= 15 is 0 Å². The van der Waals surface area contributed by atoms with Crippen LogP contribution in [0.25, 0.3) is 0 Å². The van der Waals surface area contributed by atoms with Crippen LogP contribution in [-0.4, -0.2) is 36.9 Å². The zero-order valence-corrected chi connectivity index (χ0v) is 16.9. The van der Waals surface area contributed by atoms with Crippen molar-refractivity contribution in [3.8, 4) is 0 Å². The van der Waals surface area contributed by atoms with Crippen molar-refractivity contribution in [3.63, 3.8) is 0 Å². The van der Waals surface area contributed by atoms with Crippen LogP contribution in [0.1, 0.15) is 21.5 Å². The van der Waals surface area contributed by atoms with Gasteiger partial charge in [0.05, 0.1) is 12.1 Å². The predicted octanol–water partition coefficient (Wildman–Crippen LogP) is 1.85. The lowest BCUT2D eigenvalue weighted by Gasteiger charge is -2.17. The van der Waals surface area contributed by atoms with Gasteiger partial charge >= 0.3 is 6.18 Å². The van der Waals surface area contributed by atoms with Crippen LogP contribution in [0.2, 0.25) is 5.02 Å². The first-order chi connectivity index (χ1) is 14.6. The summed E-state index contributed by atoms with van der Waals surface area (Å²) in [6.45, 7) is -0.121. The number of carbonyl (C=O) groups excluding carboxylic acids is 3. The number of amides is 3. The molecule has 1 atom stereocenters. The molecule has 0 saturated heterocycles. The van der Waals surface area contributed by atoms with Crippen LogP contribution in [0.5, 0.6) is 0 Å². The zero-order chi connectivity index (χ0) is 23.0. The van der Waals surface area contributed by atoms with E-state index < -0.39 is 42.0 Å². The molecule has 0 bridgehead atoms. The van der Waals surface area contributed by atoms with E-state index in [2.05, 4.69) is 16.0 Å². The second kappa shape index (κ2) is 10.8. The number of hydrogen-bond donors (Lipinski definition) is 4. The molecule has 5 N–H and O–H groups in total. The molecule has 0 fully saturated rings. The fourth-order valence-electron chi connectivity index (χ4n) is 2.53. The SMILES string of the molecule is NC(=O)[C@H](CNCc1ccc(Cl)cc1)NC(=O)CNC(=O)c1cccc(C(F)(F)F)c1. The van der Waals surface area contributed by atoms with Gasteiger partial charge in [0.1, 0.15) is 6.04 Å². The molecule has 166 valence electrons. The summed E-state index contributed by atoms with van der Waals surface area (Å²) in [5, 5.41) is 8.12. The minimum absolute atomic E-state index is 0.0330. The van der Waals surface area contributed by atoms with Gasteiger partial charge in [-0.25, -0.2) is 0 Å². The summed E-state index contributed by atoms with van der Waals surface area (Å²) in [6.07, 6.45) is -4.60. The fraction of sp³-hybridized carbons (Fsp3) is 0.250. The number of nitrogens with one attached hydrogen (secondary N) is 3. The molecular weight excluding hydrogens is 437 g/mol. The Labute approximate surface area is 181 Å². The van der Waals surface area contributed by atoms with Crippen LogP contribution < -0.4 is 21.7 Å². The number of alkyl halides is 3. The number of hydrogen-bond acceptors (Lipinski definition) is 4. The van der Waals surface area contributed by atoms with Crippen molar-refractivity contribution in [3.05, 3.63) is 70.2 Å². The molecule has 7 nitrogen and oxygen atoms in total. The highest BCUT2D eigenvalue weighted by Crippen LogP contribution is 2.29. The lowest BCUT2D eigenvalue weighted by atomic mass is 10.1. The first-order valence-electron chi connectivity index (χ1n) is 9.05. The molecule has 0 aliphatic carbocycles. The van der Waals surface area contributed by atoms with Crippen LogP contribution in [0, 0.1) is 0 Å². The van der Waals surface area contributed by atoms with Gasteiger partial charge in [-0.15, -0.1) is 0 Å². The number of halogens is 4. The van der Waals surface area contributed by atoms with E-state index in [-0.39, 0.29) is 12.1 Å². The standard InChI is InChI=1S/C20H20ClF3N4O3/c21-15-6-4-12(5-7-15)9-26-10-16(18(25)30)28-17(29)11-27-19(31)13-2-1-3-14(8-13)20(22,23)24/h1-8,16,26H,9-11H2,(H2,25,30)(H,27,31)(H,28,29)/t16-/m0/s1. The van der Waals surface area contributed by atoms with Crippen LogP contribution in [0.4, 0.5) is 13.2 Å².